The Bertz CT molecular complexity index is 717. The van der Waals surface area contributed by atoms with Crippen LogP contribution in [0.3, 0.4) is 0 Å². The van der Waals surface area contributed by atoms with Crippen molar-refractivity contribution in [2.24, 2.45) is 0 Å². The predicted molar refractivity (Wildman–Crippen MR) is 98.0 cm³/mol. The number of hydrogen-bond donors (Lipinski definition) is 0. The van der Waals surface area contributed by atoms with E-state index in [9.17, 15) is 4.79 Å². The summed E-state index contributed by atoms with van der Waals surface area (Å²) < 4.78 is 21.6. The standard InChI is InChI=1S/C21H22O5/c1-2-3-13-23-17-6-4-16(5-7-17)21(22)26-19-10-8-18(9-11-19)24-14-12-20-15-25-20/h2,4-11,20H,1,3,12-15H2. The number of esters is 1. The zero-order chi connectivity index (χ0) is 18.2. The maximum atomic E-state index is 12.2. The first-order valence-corrected chi connectivity index (χ1v) is 8.65. The molecule has 1 aliphatic rings. The largest absolute Gasteiger partial charge is 0.493 e. The van der Waals surface area contributed by atoms with Gasteiger partial charge in [-0.1, -0.05) is 6.08 Å². The van der Waals surface area contributed by atoms with Crippen LogP contribution in [-0.4, -0.2) is 31.9 Å². The summed E-state index contributed by atoms with van der Waals surface area (Å²) in [5.74, 6) is 1.51. The van der Waals surface area contributed by atoms with Crippen molar-refractivity contribution < 1.29 is 23.7 Å². The van der Waals surface area contributed by atoms with E-state index in [1.165, 1.54) is 0 Å². The molecule has 3 rings (SSSR count). The molecule has 0 N–H and O–H groups in total. The number of carbonyl (C=O) groups is 1. The first-order valence-electron chi connectivity index (χ1n) is 8.65. The fourth-order valence-corrected chi connectivity index (χ4v) is 2.26. The monoisotopic (exact) mass is 354 g/mol. The Hall–Kier alpha value is -2.79. The highest BCUT2D eigenvalue weighted by molar-refractivity contribution is 5.91. The Morgan fingerprint density at radius 2 is 1.58 bits per heavy atom. The van der Waals surface area contributed by atoms with Crippen molar-refractivity contribution >= 4 is 5.97 Å². The van der Waals surface area contributed by atoms with Gasteiger partial charge in [-0.05, 0) is 55.0 Å². The smallest absolute Gasteiger partial charge is 0.343 e. The molecule has 0 aromatic heterocycles. The van der Waals surface area contributed by atoms with E-state index < -0.39 is 5.97 Å². The normalized spacial score (nSPS) is 15.2. The highest BCUT2D eigenvalue weighted by atomic mass is 16.6. The molecule has 1 fully saturated rings. The molecule has 0 spiro atoms. The van der Waals surface area contributed by atoms with Crippen LogP contribution in [0.25, 0.3) is 0 Å². The minimum Gasteiger partial charge on any atom is -0.493 e. The number of epoxide rings is 1. The number of carbonyl (C=O) groups excluding carboxylic acids is 1. The summed E-state index contributed by atoms with van der Waals surface area (Å²) in [5.41, 5.74) is 0.464. The summed E-state index contributed by atoms with van der Waals surface area (Å²) in [4.78, 5) is 12.2. The van der Waals surface area contributed by atoms with Gasteiger partial charge in [0, 0.05) is 6.42 Å². The van der Waals surface area contributed by atoms with Crippen molar-refractivity contribution in [3.05, 3.63) is 66.7 Å². The SMILES string of the molecule is C=CCCOc1ccc(C(=O)Oc2ccc(OCCC3CO3)cc2)cc1. The molecule has 2 aromatic carbocycles. The predicted octanol–water partition coefficient (Wildman–Crippen LogP) is 4.03. The Morgan fingerprint density at radius 3 is 2.19 bits per heavy atom. The molecule has 0 amide bonds. The van der Waals surface area contributed by atoms with Crippen LogP contribution in [0.1, 0.15) is 23.2 Å². The molecule has 1 aliphatic heterocycles. The molecule has 0 aliphatic carbocycles. The van der Waals surface area contributed by atoms with Crippen LogP contribution in [0.4, 0.5) is 0 Å². The van der Waals surface area contributed by atoms with Crippen molar-refractivity contribution in [1.82, 2.24) is 0 Å². The fourth-order valence-electron chi connectivity index (χ4n) is 2.26. The van der Waals surface area contributed by atoms with Crippen molar-refractivity contribution in [3.8, 4) is 17.2 Å². The van der Waals surface area contributed by atoms with Crippen LogP contribution in [0, 0.1) is 0 Å². The molecule has 5 heteroatoms. The first-order chi connectivity index (χ1) is 12.7. The molecule has 1 unspecified atom stereocenters. The molecule has 0 saturated carbocycles. The van der Waals surface area contributed by atoms with Gasteiger partial charge in [0.1, 0.15) is 17.2 Å². The van der Waals surface area contributed by atoms with Crippen molar-refractivity contribution in [3.63, 3.8) is 0 Å². The summed E-state index contributed by atoms with van der Waals surface area (Å²) in [6.07, 6.45) is 3.82. The van der Waals surface area contributed by atoms with E-state index in [2.05, 4.69) is 6.58 Å². The second kappa shape index (κ2) is 9.06. The second-order valence-electron chi connectivity index (χ2n) is 5.90. The van der Waals surface area contributed by atoms with Crippen molar-refractivity contribution in [2.75, 3.05) is 19.8 Å². The Labute approximate surface area is 153 Å². The van der Waals surface area contributed by atoms with E-state index in [4.69, 9.17) is 18.9 Å². The van der Waals surface area contributed by atoms with Crippen LogP contribution in [0.5, 0.6) is 17.2 Å². The lowest BCUT2D eigenvalue weighted by Gasteiger charge is -2.08. The number of benzene rings is 2. The molecular weight excluding hydrogens is 332 g/mol. The fraction of sp³-hybridized carbons (Fsp3) is 0.286. The quantitative estimate of drug-likeness (QED) is 0.212. The van der Waals surface area contributed by atoms with E-state index in [0.29, 0.717) is 36.4 Å². The third kappa shape index (κ3) is 5.63. The van der Waals surface area contributed by atoms with Gasteiger partial charge in [0.05, 0.1) is 31.5 Å². The van der Waals surface area contributed by atoms with E-state index >= 15 is 0 Å². The molecule has 1 heterocycles. The topological polar surface area (TPSA) is 57.3 Å². The number of hydrogen-bond acceptors (Lipinski definition) is 5. The van der Waals surface area contributed by atoms with Crippen LogP contribution in [0.15, 0.2) is 61.2 Å². The molecule has 26 heavy (non-hydrogen) atoms. The van der Waals surface area contributed by atoms with E-state index in [1.807, 2.05) is 0 Å². The molecule has 0 bridgehead atoms. The van der Waals surface area contributed by atoms with Crippen molar-refractivity contribution in [1.29, 1.82) is 0 Å². The average molecular weight is 354 g/mol. The Morgan fingerprint density at radius 1 is 1.00 bits per heavy atom. The molecule has 5 nitrogen and oxygen atoms in total. The van der Waals surface area contributed by atoms with Gasteiger partial charge in [-0.25, -0.2) is 4.79 Å². The van der Waals surface area contributed by atoms with Crippen LogP contribution < -0.4 is 14.2 Å². The maximum absolute atomic E-state index is 12.2. The van der Waals surface area contributed by atoms with E-state index in [1.54, 1.807) is 54.6 Å². The van der Waals surface area contributed by atoms with Gasteiger partial charge in [0.2, 0.25) is 0 Å². The molecule has 1 atom stereocenters. The van der Waals surface area contributed by atoms with Gasteiger partial charge >= 0.3 is 5.97 Å². The summed E-state index contributed by atoms with van der Waals surface area (Å²) in [6, 6.07) is 13.9. The third-order valence-corrected chi connectivity index (χ3v) is 3.83. The molecule has 2 aromatic rings. The highest BCUT2D eigenvalue weighted by Crippen LogP contribution is 2.21. The van der Waals surface area contributed by atoms with E-state index in [0.717, 1.165) is 25.2 Å². The summed E-state index contributed by atoms with van der Waals surface area (Å²) in [7, 11) is 0. The molecular formula is C21H22O5. The van der Waals surface area contributed by atoms with Crippen LogP contribution in [0.2, 0.25) is 0 Å². The van der Waals surface area contributed by atoms with Gasteiger partial charge in [0.25, 0.3) is 0 Å². The number of ether oxygens (including phenoxy) is 4. The van der Waals surface area contributed by atoms with Gasteiger partial charge in [0.15, 0.2) is 0 Å². The highest BCUT2D eigenvalue weighted by Gasteiger charge is 2.21. The summed E-state index contributed by atoms with van der Waals surface area (Å²) in [6.45, 7) is 5.66. The van der Waals surface area contributed by atoms with Gasteiger partial charge in [-0.3, -0.25) is 0 Å². The zero-order valence-corrected chi connectivity index (χ0v) is 14.6. The van der Waals surface area contributed by atoms with Crippen molar-refractivity contribution in [2.45, 2.75) is 18.9 Å². The lowest BCUT2D eigenvalue weighted by atomic mass is 10.2. The molecule has 0 radical (unpaired) electrons. The Kier molecular flexibility index (Phi) is 6.28. The zero-order valence-electron chi connectivity index (χ0n) is 14.6. The van der Waals surface area contributed by atoms with Gasteiger partial charge in [-0.15, -0.1) is 6.58 Å². The Balaban J connectivity index is 1.47. The average Bonchev–Trinajstić information content (AvgIpc) is 3.48. The lowest BCUT2D eigenvalue weighted by molar-refractivity contribution is 0.0734. The lowest BCUT2D eigenvalue weighted by Crippen LogP contribution is -2.08. The molecule has 1 saturated heterocycles. The minimum absolute atomic E-state index is 0.356. The number of rotatable bonds is 10. The second-order valence-corrected chi connectivity index (χ2v) is 5.90. The summed E-state index contributed by atoms with van der Waals surface area (Å²) >= 11 is 0. The third-order valence-electron chi connectivity index (χ3n) is 3.83. The minimum atomic E-state index is -0.415. The van der Waals surface area contributed by atoms with Gasteiger partial charge in [-0.2, -0.15) is 0 Å². The maximum Gasteiger partial charge on any atom is 0.343 e. The van der Waals surface area contributed by atoms with Crippen LogP contribution in [-0.2, 0) is 4.74 Å². The molecule has 136 valence electrons. The van der Waals surface area contributed by atoms with Crippen LogP contribution >= 0.6 is 0 Å². The summed E-state index contributed by atoms with van der Waals surface area (Å²) in [5, 5.41) is 0. The van der Waals surface area contributed by atoms with E-state index in [-0.39, 0.29) is 0 Å². The first kappa shape index (κ1) is 18.0. The van der Waals surface area contributed by atoms with Gasteiger partial charge < -0.3 is 18.9 Å².